The summed E-state index contributed by atoms with van der Waals surface area (Å²) in [6.07, 6.45) is 1.42. The van der Waals surface area contributed by atoms with Gasteiger partial charge in [-0.2, -0.15) is 4.31 Å². The summed E-state index contributed by atoms with van der Waals surface area (Å²) in [6, 6.07) is 10.1. The van der Waals surface area contributed by atoms with Gasteiger partial charge in [0.05, 0.1) is 18.6 Å². The Labute approximate surface area is 187 Å². The molecule has 0 unspecified atom stereocenters. The molecule has 1 N–H and O–H groups in total. The van der Waals surface area contributed by atoms with Crippen molar-refractivity contribution in [3.63, 3.8) is 0 Å². The molecule has 1 aromatic heterocycles. The molecule has 1 saturated heterocycles. The van der Waals surface area contributed by atoms with Crippen molar-refractivity contribution >= 4 is 21.8 Å². The highest BCUT2D eigenvalue weighted by Crippen LogP contribution is 2.17. The maximum atomic E-state index is 12.5. The van der Waals surface area contributed by atoms with Crippen LogP contribution in [0.2, 0.25) is 0 Å². The van der Waals surface area contributed by atoms with Crippen molar-refractivity contribution in [3.8, 4) is 11.5 Å². The summed E-state index contributed by atoms with van der Waals surface area (Å²) in [5.74, 6) is 0.554. The molecule has 10 nitrogen and oxygen atoms in total. The molecule has 3 rings (SSSR count). The van der Waals surface area contributed by atoms with Gasteiger partial charge in [0.25, 0.3) is 11.8 Å². The van der Waals surface area contributed by atoms with E-state index in [9.17, 15) is 18.0 Å². The molecule has 0 radical (unpaired) electrons. The number of carbonyl (C=O) groups is 2. The van der Waals surface area contributed by atoms with E-state index in [1.54, 1.807) is 41.3 Å². The van der Waals surface area contributed by atoms with E-state index in [1.807, 2.05) is 6.92 Å². The molecule has 0 atom stereocenters. The van der Waals surface area contributed by atoms with Crippen LogP contribution in [0.5, 0.6) is 11.5 Å². The second-order valence-electron chi connectivity index (χ2n) is 7.03. The van der Waals surface area contributed by atoms with Gasteiger partial charge in [0.1, 0.15) is 11.5 Å². The minimum absolute atomic E-state index is 0.0284. The quantitative estimate of drug-likeness (QED) is 0.555. The Kier molecular flexibility index (Phi) is 8.12. The van der Waals surface area contributed by atoms with Gasteiger partial charge >= 0.3 is 0 Å². The smallest absolute Gasteiger partial charge is 0.289 e. The number of carbonyl (C=O) groups excluding carboxylic acids is 2. The van der Waals surface area contributed by atoms with Crippen LogP contribution in [-0.2, 0) is 14.8 Å². The van der Waals surface area contributed by atoms with Gasteiger partial charge in [-0.3, -0.25) is 9.59 Å². The number of amides is 2. The van der Waals surface area contributed by atoms with E-state index >= 15 is 0 Å². The van der Waals surface area contributed by atoms with Gasteiger partial charge < -0.3 is 24.1 Å². The first-order chi connectivity index (χ1) is 15.4. The molecule has 2 aromatic rings. The molecule has 0 aliphatic carbocycles. The number of benzene rings is 1. The van der Waals surface area contributed by atoms with Crippen LogP contribution in [0, 0.1) is 0 Å². The number of ether oxygens (including phenoxy) is 2. The van der Waals surface area contributed by atoms with Crippen LogP contribution in [0.15, 0.2) is 47.1 Å². The van der Waals surface area contributed by atoms with Gasteiger partial charge in [-0.15, -0.1) is 0 Å². The Balaban J connectivity index is 1.36. The van der Waals surface area contributed by atoms with Crippen LogP contribution in [-0.4, -0.2) is 81.1 Å². The zero-order chi connectivity index (χ0) is 23.0. The van der Waals surface area contributed by atoms with Crippen molar-refractivity contribution in [1.29, 1.82) is 0 Å². The number of hydrogen-bond donors (Lipinski definition) is 1. The molecule has 174 valence electrons. The van der Waals surface area contributed by atoms with E-state index in [-0.39, 0.29) is 56.8 Å². The van der Waals surface area contributed by atoms with Crippen molar-refractivity contribution < 1.29 is 31.9 Å². The van der Waals surface area contributed by atoms with E-state index in [2.05, 4.69) is 5.32 Å². The number of nitrogens with zero attached hydrogens (tertiary/aromatic N) is 2. The third-order valence-corrected chi connectivity index (χ3v) is 6.71. The number of nitrogens with one attached hydrogen (secondary N) is 1. The molecule has 2 amide bonds. The number of sulfonamides is 1. The summed E-state index contributed by atoms with van der Waals surface area (Å²) in [4.78, 5) is 25.8. The summed E-state index contributed by atoms with van der Waals surface area (Å²) in [5.41, 5.74) is 0. The van der Waals surface area contributed by atoms with Crippen molar-refractivity contribution in [2.75, 3.05) is 51.7 Å². The Morgan fingerprint density at radius 1 is 1.03 bits per heavy atom. The maximum absolute atomic E-state index is 12.5. The highest BCUT2D eigenvalue weighted by Gasteiger charge is 2.29. The van der Waals surface area contributed by atoms with E-state index in [0.717, 1.165) is 0 Å². The fraction of sp³-hybridized carbons (Fsp3) is 0.429. The van der Waals surface area contributed by atoms with E-state index < -0.39 is 15.9 Å². The standard InChI is InChI=1S/C21H27N3O7S/c1-2-29-17-5-7-18(8-6-17)31-16-20(25)22-9-15-32(27,28)24-12-10-23(11-13-24)21(26)19-4-3-14-30-19/h3-8,14H,2,9-13,15-16H2,1H3,(H,22,25). The highest BCUT2D eigenvalue weighted by molar-refractivity contribution is 7.89. The van der Waals surface area contributed by atoms with Crippen molar-refractivity contribution in [3.05, 3.63) is 48.4 Å². The second kappa shape index (κ2) is 11.0. The van der Waals surface area contributed by atoms with Crippen LogP contribution >= 0.6 is 0 Å². The molecule has 1 aromatic carbocycles. The minimum atomic E-state index is -3.56. The fourth-order valence-electron chi connectivity index (χ4n) is 3.17. The molecule has 0 bridgehead atoms. The molecular weight excluding hydrogens is 438 g/mol. The van der Waals surface area contributed by atoms with Gasteiger partial charge in [-0.25, -0.2) is 8.42 Å². The first-order valence-corrected chi connectivity index (χ1v) is 11.9. The summed E-state index contributed by atoms with van der Waals surface area (Å²) >= 11 is 0. The van der Waals surface area contributed by atoms with Crippen LogP contribution in [0.3, 0.4) is 0 Å². The van der Waals surface area contributed by atoms with Gasteiger partial charge in [0.15, 0.2) is 12.4 Å². The van der Waals surface area contributed by atoms with Gasteiger partial charge in [0, 0.05) is 32.7 Å². The number of hydrogen-bond acceptors (Lipinski definition) is 7. The lowest BCUT2D eigenvalue weighted by molar-refractivity contribution is -0.122. The third kappa shape index (κ3) is 6.47. The largest absolute Gasteiger partial charge is 0.494 e. The zero-order valence-corrected chi connectivity index (χ0v) is 18.7. The van der Waals surface area contributed by atoms with E-state index in [1.165, 1.54) is 10.6 Å². The summed E-state index contributed by atoms with van der Waals surface area (Å²) < 4.78 is 42.3. The van der Waals surface area contributed by atoms with E-state index in [4.69, 9.17) is 13.9 Å². The predicted octanol–water partition coefficient (Wildman–Crippen LogP) is 0.961. The average molecular weight is 466 g/mol. The van der Waals surface area contributed by atoms with Gasteiger partial charge in [-0.05, 0) is 43.3 Å². The summed E-state index contributed by atoms with van der Waals surface area (Å²) in [7, 11) is -3.56. The van der Waals surface area contributed by atoms with Crippen LogP contribution in [0.4, 0.5) is 0 Å². The Bertz CT molecular complexity index is 983. The fourth-order valence-corrected chi connectivity index (χ4v) is 4.51. The maximum Gasteiger partial charge on any atom is 0.289 e. The van der Waals surface area contributed by atoms with Crippen LogP contribution in [0.25, 0.3) is 0 Å². The Morgan fingerprint density at radius 3 is 2.28 bits per heavy atom. The first kappa shape index (κ1) is 23.6. The molecule has 32 heavy (non-hydrogen) atoms. The lowest BCUT2D eigenvalue weighted by Crippen LogP contribution is -2.51. The normalized spacial score (nSPS) is 14.7. The highest BCUT2D eigenvalue weighted by atomic mass is 32.2. The lowest BCUT2D eigenvalue weighted by atomic mass is 10.3. The molecule has 1 fully saturated rings. The van der Waals surface area contributed by atoms with Crippen LogP contribution < -0.4 is 14.8 Å². The zero-order valence-electron chi connectivity index (χ0n) is 17.9. The summed E-state index contributed by atoms with van der Waals surface area (Å²) in [6.45, 7) is 3.15. The Morgan fingerprint density at radius 2 is 1.69 bits per heavy atom. The number of rotatable bonds is 10. The lowest BCUT2D eigenvalue weighted by Gasteiger charge is -2.33. The third-order valence-electron chi connectivity index (χ3n) is 4.84. The number of piperazine rings is 1. The van der Waals surface area contributed by atoms with Crippen LogP contribution in [0.1, 0.15) is 17.5 Å². The van der Waals surface area contributed by atoms with Crippen molar-refractivity contribution in [2.24, 2.45) is 0 Å². The molecule has 11 heteroatoms. The Hall–Kier alpha value is -3.05. The molecular formula is C21H27N3O7S. The SMILES string of the molecule is CCOc1ccc(OCC(=O)NCCS(=O)(=O)N2CCN(C(=O)c3ccco3)CC2)cc1. The molecule has 0 saturated carbocycles. The van der Waals surface area contributed by atoms with Gasteiger partial charge in [0.2, 0.25) is 10.0 Å². The number of furan rings is 1. The average Bonchev–Trinajstić information content (AvgIpc) is 3.33. The summed E-state index contributed by atoms with van der Waals surface area (Å²) in [5, 5.41) is 2.55. The van der Waals surface area contributed by atoms with Gasteiger partial charge in [-0.1, -0.05) is 0 Å². The van der Waals surface area contributed by atoms with Crippen molar-refractivity contribution in [1.82, 2.24) is 14.5 Å². The first-order valence-electron chi connectivity index (χ1n) is 10.3. The minimum Gasteiger partial charge on any atom is -0.494 e. The molecule has 2 heterocycles. The van der Waals surface area contributed by atoms with Crippen molar-refractivity contribution in [2.45, 2.75) is 6.92 Å². The topological polar surface area (TPSA) is 118 Å². The van der Waals surface area contributed by atoms with E-state index in [0.29, 0.717) is 18.1 Å². The predicted molar refractivity (Wildman–Crippen MR) is 116 cm³/mol. The second-order valence-corrected chi connectivity index (χ2v) is 9.12. The molecule has 1 aliphatic heterocycles. The monoisotopic (exact) mass is 465 g/mol. The molecule has 1 aliphatic rings. The molecule has 0 spiro atoms.